The van der Waals surface area contributed by atoms with Gasteiger partial charge in [0.15, 0.2) is 0 Å². The quantitative estimate of drug-likeness (QED) is 0.666. The fraction of sp³-hybridized carbons (Fsp3) is 0.667. The van der Waals surface area contributed by atoms with Gasteiger partial charge in [-0.25, -0.2) is 4.79 Å². The van der Waals surface area contributed by atoms with Gasteiger partial charge in [0.25, 0.3) is 0 Å². The Morgan fingerprint density at radius 3 is 2.43 bits per heavy atom. The minimum atomic E-state index is -0.689. The van der Waals surface area contributed by atoms with Gasteiger partial charge in [0.2, 0.25) is 0 Å². The number of hydrogen-bond donors (Lipinski definition) is 3. The number of aliphatic hydroxyl groups is 1. The average Bonchev–Trinajstić information content (AvgIpc) is 2.54. The SMILES string of the molecule is CN(CC(C)(C)O)C1CCN(c2ccc(N)c(NC(=O)OC(C)(C)C)c2)CC1. The molecule has 0 aromatic heterocycles. The molecule has 1 aliphatic rings. The van der Waals surface area contributed by atoms with E-state index in [0.29, 0.717) is 24.0 Å². The highest BCUT2D eigenvalue weighted by molar-refractivity contribution is 5.90. The van der Waals surface area contributed by atoms with E-state index in [9.17, 15) is 9.90 Å². The second-order valence-corrected chi connectivity index (χ2v) is 9.34. The molecular weight excluding hydrogens is 356 g/mol. The molecule has 0 saturated carbocycles. The monoisotopic (exact) mass is 392 g/mol. The van der Waals surface area contributed by atoms with E-state index < -0.39 is 17.3 Å². The van der Waals surface area contributed by atoms with Crippen LogP contribution in [0.25, 0.3) is 0 Å². The third-order valence-electron chi connectivity index (χ3n) is 4.76. The zero-order valence-electron chi connectivity index (χ0n) is 18.1. The second-order valence-electron chi connectivity index (χ2n) is 9.34. The van der Waals surface area contributed by atoms with Crippen LogP contribution >= 0.6 is 0 Å². The van der Waals surface area contributed by atoms with E-state index in [-0.39, 0.29) is 0 Å². The zero-order valence-corrected chi connectivity index (χ0v) is 18.1. The van der Waals surface area contributed by atoms with E-state index in [1.54, 1.807) is 0 Å². The number of ether oxygens (including phenoxy) is 1. The summed E-state index contributed by atoms with van der Waals surface area (Å²) in [4.78, 5) is 16.6. The summed E-state index contributed by atoms with van der Waals surface area (Å²) in [5.41, 5.74) is 6.88. The predicted molar refractivity (Wildman–Crippen MR) is 115 cm³/mol. The lowest BCUT2D eigenvalue weighted by Crippen LogP contribution is -2.47. The van der Waals surface area contributed by atoms with Crippen LogP contribution in [-0.4, -0.2) is 60.0 Å². The number of piperidine rings is 1. The van der Waals surface area contributed by atoms with E-state index in [1.807, 2.05) is 52.8 Å². The van der Waals surface area contributed by atoms with Gasteiger partial charge in [-0.05, 0) is 72.7 Å². The molecule has 1 saturated heterocycles. The number of hydrogen-bond acceptors (Lipinski definition) is 6. The Labute approximate surface area is 168 Å². The molecular formula is C21H36N4O3. The molecule has 1 aromatic rings. The van der Waals surface area contributed by atoms with Gasteiger partial charge in [-0.15, -0.1) is 0 Å². The van der Waals surface area contributed by atoms with Gasteiger partial charge in [-0.2, -0.15) is 0 Å². The van der Waals surface area contributed by atoms with Crippen molar-refractivity contribution in [2.75, 3.05) is 42.6 Å². The Morgan fingerprint density at radius 2 is 1.89 bits per heavy atom. The Morgan fingerprint density at radius 1 is 1.29 bits per heavy atom. The molecule has 1 aromatic carbocycles. The highest BCUT2D eigenvalue weighted by atomic mass is 16.6. The van der Waals surface area contributed by atoms with Crippen LogP contribution in [0, 0.1) is 0 Å². The van der Waals surface area contributed by atoms with Gasteiger partial charge in [-0.3, -0.25) is 5.32 Å². The van der Waals surface area contributed by atoms with Crippen molar-refractivity contribution >= 4 is 23.2 Å². The number of anilines is 3. The molecule has 0 spiro atoms. The average molecular weight is 393 g/mol. The fourth-order valence-electron chi connectivity index (χ4n) is 3.57. The summed E-state index contributed by atoms with van der Waals surface area (Å²) in [6.07, 6.45) is 1.53. The highest BCUT2D eigenvalue weighted by Crippen LogP contribution is 2.29. The summed E-state index contributed by atoms with van der Waals surface area (Å²) in [5.74, 6) is 0. The van der Waals surface area contributed by atoms with Crippen molar-refractivity contribution in [2.24, 2.45) is 0 Å². The van der Waals surface area contributed by atoms with Gasteiger partial charge in [0.1, 0.15) is 5.60 Å². The lowest BCUT2D eigenvalue weighted by molar-refractivity contribution is 0.0274. The second kappa shape index (κ2) is 8.57. The first kappa shape index (κ1) is 22.3. The molecule has 158 valence electrons. The van der Waals surface area contributed by atoms with Gasteiger partial charge in [0.05, 0.1) is 17.0 Å². The largest absolute Gasteiger partial charge is 0.444 e. The lowest BCUT2D eigenvalue weighted by atomic mass is 10.0. The topological polar surface area (TPSA) is 91.1 Å². The normalized spacial score (nSPS) is 16.4. The van der Waals surface area contributed by atoms with Gasteiger partial charge < -0.3 is 25.4 Å². The van der Waals surface area contributed by atoms with Gasteiger partial charge >= 0.3 is 6.09 Å². The number of carbonyl (C=O) groups is 1. The minimum Gasteiger partial charge on any atom is -0.444 e. The number of nitrogen functional groups attached to an aromatic ring is 1. The van der Waals surface area contributed by atoms with Crippen LogP contribution in [-0.2, 0) is 4.74 Å². The molecule has 1 amide bonds. The lowest BCUT2D eigenvalue weighted by Gasteiger charge is -2.39. The van der Waals surface area contributed by atoms with E-state index >= 15 is 0 Å². The van der Waals surface area contributed by atoms with Crippen LogP contribution in [0.4, 0.5) is 21.9 Å². The fourth-order valence-corrected chi connectivity index (χ4v) is 3.57. The van der Waals surface area contributed by atoms with Crippen LogP contribution < -0.4 is 16.0 Å². The maximum absolute atomic E-state index is 12.1. The standard InChI is InChI=1S/C21H36N4O3/c1-20(2,3)28-19(26)23-18-13-16(7-8-17(18)22)25-11-9-15(10-12-25)24(6)14-21(4,5)27/h7-8,13,15,27H,9-12,14,22H2,1-6H3,(H,23,26). The van der Waals surface area contributed by atoms with Crippen molar-refractivity contribution in [1.82, 2.24) is 4.90 Å². The molecule has 28 heavy (non-hydrogen) atoms. The maximum Gasteiger partial charge on any atom is 0.412 e. The Balaban J connectivity index is 1.99. The van der Waals surface area contributed by atoms with E-state index in [4.69, 9.17) is 10.5 Å². The summed E-state index contributed by atoms with van der Waals surface area (Å²) in [5, 5.41) is 12.8. The molecule has 7 nitrogen and oxygen atoms in total. The van der Waals surface area contributed by atoms with Crippen molar-refractivity contribution in [3.8, 4) is 0 Å². The molecule has 4 N–H and O–H groups in total. The van der Waals surface area contributed by atoms with Crippen LogP contribution in [0.5, 0.6) is 0 Å². The van der Waals surface area contributed by atoms with Crippen molar-refractivity contribution in [3.05, 3.63) is 18.2 Å². The number of benzene rings is 1. The van der Waals surface area contributed by atoms with E-state index in [0.717, 1.165) is 31.6 Å². The number of nitrogens with one attached hydrogen (secondary N) is 1. The number of rotatable bonds is 5. The number of amides is 1. The molecule has 0 unspecified atom stereocenters. The molecule has 0 aliphatic carbocycles. The first-order valence-corrected chi connectivity index (χ1v) is 9.91. The molecule has 7 heteroatoms. The van der Waals surface area contributed by atoms with Crippen molar-refractivity contribution in [1.29, 1.82) is 0 Å². The molecule has 0 bridgehead atoms. The van der Waals surface area contributed by atoms with Gasteiger partial charge in [0, 0.05) is 31.4 Å². The van der Waals surface area contributed by atoms with Crippen LogP contribution in [0.2, 0.25) is 0 Å². The molecule has 1 heterocycles. The number of likely N-dealkylation sites (N-methyl/N-ethyl adjacent to an activating group) is 1. The summed E-state index contributed by atoms with van der Waals surface area (Å²) < 4.78 is 5.32. The summed E-state index contributed by atoms with van der Waals surface area (Å²) in [6, 6.07) is 6.15. The zero-order chi connectivity index (χ0) is 21.1. The molecule has 1 fully saturated rings. The summed E-state index contributed by atoms with van der Waals surface area (Å²) >= 11 is 0. The van der Waals surface area contributed by atoms with E-state index in [2.05, 4.69) is 22.2 Å². The van der Waals surface area contributed by atoms with Crippen molar-refractivity contribution < 1.29 is 14.6 Å². The number of carbonyl (C=O) groups excluding carboxylic acids is 1. The van der Waals surface area contributed by atoms with Crippen LogP contribution in [0.15, 0.2) is 18.2 Å². The highest BCUT2D eigenvalue weighted by Gasteiger charge is 2.26. The van der Waals surface area contributed by atoms with Gasteiger partial charge in [-0.1, -0.05) is 0 Å². The summed E-state index contributed by atoms with van der Waals surface area (Å²) in [7, 11) is 2.07. The smallest absolute Gasteiger partial charge is 0.412 e. The van der Waals surface area contributed by atoms with Crippen LogP contribution in [0.3, 0.4) is 0 Å². The van der Waals surface area contributed by atoms with E-state index in [1.165, 1.54) is 0 Å². The third kappa shape index (κ3) is 6.87. The van der Waals surface area contributed by atoms with Crippen molar-refractivity contribution in [2.45, 2.75) is 64.7 Å². The molecule has 0 radical (unpaired) electrons. The Kier molecular flexibility index (Phi) is 6.83. The number of nitrogens with zero attached hydrogens (tertiary/aromatic N) is 2. The first-order chi connectivity index (χ1) is 12.8. The summed E-state index contributed by atoms with van der Waals surface area (Å²) in [6.45, 7) is 11.6. The first-order valence-electron chi connectivity index (χ1n) is 9.91. The van der Waals surface area contributed by atoms with Crippen LogP contribution in [0.1, 0.15) is 47.5 Å². The molecule has 1 aliphatic heterocycles. The molecule has 2 rings (SSSR count). The predicted octanol–water partition coefficient (Wildman–Crippen LogP) is 3.29. The molecule has 0 atom stereocenters. The van der Waals surface area contributed by atoms with Crippen molar-refractivity contribution in [3.63, 3.8) is 0 Å². The third-order valence-corrected chi connectivity index (χ3v) is 4.76. The Bertz CT molecular complexity index is 671. The Hall–Kier alpha value is -1.99. The maximum atomic E-state index is 12.1. The number of nitrogens with two attached hydrogens (primary N) is 1. The minimum absolute atomic E-state index is 0.454.